The maximum absolute atomic E-state index is 6.27. The van der Waals surface area contributed by atoms with Gasteiger partial charge in [-0.2, -0.15) is 0 Å². The molecule has 198 valence electrons. The predicted molar refractivity (Wildman–Crippen MR) is 168 cm³/mol. The monoisotopic (exact) mass is 523 g/mol. The zero-order valence-electron chi connectivity index (χ0n) is 23.5. The summed E-state index contributed by atoms with van der Waals surface area (Å²) in [7, 11) is -0.378. The average molecular weight is 523 g/mol. The lowest BCUT2D eigenvalue weighted by Crippen LogP contribution is -2.41. The molecule has 40 heavy (non-hydrogen) atoms. The lowest BCUT2D eigenvalue weighted by Gasteiger charge is -2.32. The molecule has 0 atom stereocenters. The molecule has 5 aromatic carbocycles. The molecule has 5 aromatic rings. The SMILES string of the molecule is CC1(C)OB(c2ccc(N(c3ccccc3)c3ccc(-c4ccc(-c5ccccc5)cc4)cc3)cc2)OC1(C)C. The van der Waals surface area contributed by atoms with Crippen molar-refractivity contribution in [1.29, 1.82) is 0 Å². The third kappa shape index (κ3) is 5.09. The zero-order valence-corrected chi connectivity index (χ0v) is 23.5. The Kier molecular flexibility index (Phi) is 6.83. The number of rotatable bonds is 6. The summed E-state index contributed by atoms with van der Waals surface area (Å²) in [5.41, 5.74) is 8.40. The molecule has 0 radical (unpaired) electrons. The van der Waals surface area contributed by atoms with Crippen LogP contribution in [0.4, 0.5) is 17.1 Å². The highest BCUT2D eigenvalue weighted by atomic mass is 16.7. The maximum Gasteiger partial charge on any atom is 0.494 e. The highest BCUT2D eigenvalue weighted by molar-refractivity contribution is 6.62. The van der Waals surface area contributed by atoms with E-state index in [0.29, 0.717) is 0 Å². The predicted octanol–water partition coefficient (Wildman–Crippen LogP) is 8.79. The van der Waals surface area contributed by atoms with Crippen molar-refractivity contribution in [2.75, 3.05) is 4.90 Å². The van der Waals surface area contributed by atoms with Crippen LogP contribution in [0.25, 0.3) is 22.3 Å². The van der Waals surface area contributed by atoms with Gasteiger partial charge in [0.2, 0.25) is 0 Å². The van der Waals surface area contributed by atoms with Crippen LogP contribution in [0.1, 0.15) is 27.7 Å². The summed E-state index contributed by atoms with van der Waals surface area (Å²) in [6.07, 6.45) is 0. The molecule has 1 aliphatic rings. The Balaban J connectivity index is 1.27. The zero-order chi connectivity index (χ0) is 27.7. The van der Waals surface area contributed by atoms with Gasteiger partial charge < -0.3 is 14.2 Å². The van der Waals surface area contributed by atoms with Crippen LogP contribution in [0, 0.1) is 0 Å². The molecule has 0 N–H and O–H groups in total. The van der Waals surface area contributed by atoms with Gasteiger partial charge in [-0.25, -0.2) is 0 Å². The van der Waals surface area contributed by atoms with Gasteiger partial charge >= 0.3 is 7.12 Å². The molecule has 4 heteroatoms. The summed E-state index contributed by atoms with van der Waals surface area (Å²) in [6.45, 7) is 8.33. The lowest BCUT2D eigenvalue weighted by molar-refractivity contribution is 0.00578. The molecule has 0 aromatic heterocycles. The maximum atomic E-state index is 6.27. The molecule has 0 spiro atoms. The molecular formula is C36H34BNO2. The van der Waals surface area contributed by atoms with Gasteiger partial charge in [0.1, 0.15) is 0 Å². The summed E-state index contributed by atoms with van der Waals surface area (Å²) >= 11 is 0. The van der Waals surface area contributed by atoms with Gasteiger partial charge in [-0.15, -0.1) is 0 Å². The van der Waals surface area contributed by atoms with Crippen LogP contribution in [0.15, 0.2) is 133 Å². The van der Waals surface area contributed by atoms with Crippen molar-refractivity contribution in [3.05, 3.63) is 133 Å². The molecule has 0 saturated carbocycles. The number of hydrogen-bond donors (Lipinski definition) is 0. The van der Waals surface area contributed by atoms with Crippen molar-refractivity contribution in [2.24, 2.45) is 0 Å². The first kappa shape index (κ1) is 26.1. The topological polar surface area (TPSA) is 21.7 Å². The fourth-order valence-corrected chi connectivity index (χ4v) is 5.07. The molecule has 3 nitrogen and oxygen atoms in total. The Morgan fingerprint density at radius 1 is 0.425 bits per heavy atom. The summed E-state index contributed by atoms with van der Waals surface area (Å²) in [6, 6.07) is 47.0. The van der Waals surface area contributed by atoms with E-state index >= 15 is 0 Å². The van der Waals surface area contributed by atoms with Crippen LogP contribution in [0.2, 0.25) is 0 Å². The third-order valence-corrected chi connectivity index (χ3v) is 8.14. The Morgan fingerprint density at radius 2 is 0.775 bits per heavy atom. The Labute approximate surface area is 238 Å². The Bertz CT molecular complexity index is 1550. The Morgan fingerprint density at radius 3 is 1.25 bits per heavy atom. The van der Waals surface area contributed by atoms with Crippen molar-refractivity contribution < 1.29 is 9.31 Å². The number of benzene rings is 5. The van der Waals surface area contributed by atoms with E-state index in [2.05, 4.69) is 154 Å². The van der Waals surface area contributed by atoms with E-state index in [-0.39, 0.29) is 18.3 Å². The molecule has 1 aliphatic heterocycles. The van der Waals surface area contributed by atoms with Gasteiger partial charge in [0.25, 0.3) is 0 Å². The van der Waals surface area contributed by atoms with Gasteiger partial charge in [0, 0.05) is 17.1 Å². The molecule has 6 rings (SSSR count). The third-order valence-electron chi connectivity index (χ3n) is 8.14. The summed E-state index contributed by atoms with van der Waals surface area (Å²) in [4.78, 5) is 2.27. The van der Waals surface area contributed by atoms with E-state index in [1.165, 1.54) is 22.3 Å². The first-order chi connectivity index (χ1) is 19.3. The number of nitrogens with zero attached hydrogens (tertiary/aromatic N) is 1. The molecule has 0 amide bonds. The quantitative estimate of drug-likeness (QED) is 0.208. The second-order valence-electron chi connectivity index (χ2n) is 11.3. The summed E-state index contributed by atoms with van der Waals surface area (Å²) < 4.78 is 12.5. The minimum Gasteiger partial charge on any atom is -0.399 e. The van der Waals surface area contributed by atoms with E-state index in [1.807, 2.05) is 12.1 Å². The smallest absolute Gasteiger partial charge is 0.399 e. The molecule has 0 aliphatic carbocycles. The molecule has 1 saturated heterocycles. The molecule has 1 heterocycles. The number of para-hydroxylation sites is 1. The number of hydrogen-bond acceptors (Lipinski definition) is 3. The second kappa shape index (κ2) is 10.5. The van der Waals surface area contributed by atoms with Crippen molar-refractivity contribution in [2.45, 2.75) is 38.9 Å². The van der Waals surface area contributed by atoms with E-state index in [1.54, 1.807) is 0 Å². The van der Waals surface area contributed by atoms with Crippen LogP contribution in [0.5, 0.6) is 0 Å². The molecule has 1 fully saturated rings. The van der Waals surface area contributed by atoms with Crippen LogP contribution >= 0.6 is 0 Å². The molecule has 0 bridgehead atoms. The van der Waals surface area contributed by atoms with E-state index in [0.717, 1.165) is 22.5 Å². The van der Waals surface area contributed by atoms with Crippen LogP contribution in [-0.4, -0.2) is 18.3 Å². The van der Waals surface area contributed by atoms with Crippen molar-refractivity contribution in [3.8, 4) is 22.3 Å². The van der Waals surface area contributed by atoms with Crippen LogP contribution in [0.3, 0.4) is 0 Å². The van der Waals surface area contributed by atoms with E-state index in [9.17, 15) is 0 Å². The molecule has 0 unspecified atom stereocenters. The fraction of sp³-hybridized carbons (Fsp3) is 0.167. The minimum absolute atomic E-state index is 0.365. The average Bonchev–Trinajstić information content (AvgIpc) is 3.21. The normalized spacial score (nSPS) is 15.7. The largest absolute Gasteiger partial charge is 0.494 e. The minimum atomic E-state index is -0.378. The van der Waals surface area contributed by atoms with Gasteiger partial charge in [-0.3, -0.25) is 0 Å². The van der Waals surface area contributed by atoms with E-state index < -0.39 is 0 Å². The highest BCUT2D eigenvalue weighted by Gasteiger charge is 2.51. The van der Waals surface area contributed by atoms with Gasteiger partial charge in [-0.05, 0) is 91.8 Å². The Hall–Kier alpha value is -4.12. The van der Waals surface area contributed by atoms with Crippen LogP contribution in [-0.2, 0) is 9.31 Å². The number of anilines is 3. The molecular weight excluding hydrogens is 489 g/mol. The van der Waals surface area contributed by atoms with E-state index in [4.69, 9.17) is 9.31 Å². The first-order valence-electron chi connectivity index (χ1n) is 13.9. The van der Waals surface area contributed by atoms with Gasteiger partial charge in [-0.1, -0.05) is 97.1 Å². The summed E-state index contributed by atoms with van der Waals surface area (Å²) in [5, 5.41) is 0. The van der Waals surface area contributed by atoms with Crippen molar-refractivity contribution >= 4 is 29.6 Å². The van der Waals surface area contributed by atoms with Crippen LogP contribution < -0.4 is 10.4 Å². The van der Waals surface area contributed by atoms with Gasteiger partial charge in [0.15, 0.2) is 0 Å². The van der Waals surface area contributed by atoms with Gasteiger partial charge in [0.05, 0.1) is 11.2 Å². The summed E-state index contributed by atoms with van der Waals surface area (Å²) in [5.74, 6) is 0. The second-order valence-corrected chi connectivity index (χ2v) is 11.3. The fourth-order valence-electron chi connectivity index (χ4n) is 5.07. The highest BCUT2D eigenvalue weighted by Crippen LogP contribution is 2.38. The van der Waals surface area contributed by atoms with Crippen molar-refractivity contribution in [1.82, 2.24) is 0 Å². The standard InChI is InChI=1S/C36H34BNO2/c1-35(2)36(3,4)40-37(39-35)31-21-25-34(26-22-31)38(32-13-9-6-10-14-32)33-23-19-30(20-24-33)29-17-15-28(16-18-29)27-11-7-5-8-12-27/h5-26H,1-4H3. The van der Waals surface area contributed by atoms with Crippen molar-refractivity contribution in [3.63, 3.8) is 0 Å². The lowest BCUT2D eigenvalue weighted by atomic mass is 9.79. The first-order valence-corrected chi connectivity index (χ1v) is 13.9.